The van der Waals surface area contributed by atoms with Crippen LogP contribution in [0, 0.1) is 0 Å². The van der Waals surface area contributed by atoms with Crippen LogP contribution in [0.25, 0.3) is 0 Å². The van der Waals surface area contributed by atoms with Crippen molar-refractivity contribution >= 4 is 29.1 Å². The van der Waals surface area contributed by atoms with Gasteiger partial charge in [0.25, 0.3) is 0 Å². The molecule has 1 atom stereocenters. The number of rotatable bonds is 6. The molecular formula is C8H13N3O2S2. The first-order chi connectivity index (χ1) is 7.09. The van der Waals surface area contributed by atoms with E-state index in [0.29, 0.717) is 5.75 Å². The van der Waals surface area contributed by atoms with Crippen molar-refractivity contribution < 1.29 is 9.90 Å². The third-order valence-electron chi connectivity index (χ3n) is 1.55. The lowest BCUT2D eigenvalue weighted by molar-refractivity contribution is -0.139. The van der Waals surface area contributed by atoms with Crippen LogP contribution in [0.15, 0.2) is 9.85 Å². The number of nitrogens with one attached hydrogen (secondary N) is 1. The topological polar surface area (TPSA) is 75.1 Å². The van der Waals surface area contributed by atoms with Crippen molar-refractivity contribution in [3.63, 3.8) is 0 Å². The zero-order valence-corrected chi connectivity index (χ0v) is 10.1. The highest BCUT2D eigenvalue weighted by molar-refractivity contribution is 8.01. The second-order valence-corrected chi connectivity index (χ2v) is 5.33. The van der Waals surface area contributed by atoms with Crippen LogP contribution in [0.3, 0.4) is 0 Å². The van der Waals surface area contributed by atoms with Gasteiger partial charge in [-0.2, -0.15) is 0 Å². The molecule has 0 aromatic carbocycles. The molecule has 0 saturated heterocycles. The first-order valence-corrected chi connectivity index (χ1v) is 6.34. The molecule has 1 rings (SSSR count). The van der Waals surface area contributed by atoms with E-state index in [2.05, 4.69) is 15.5 Å². The lowest BCUT2D eigenvalue weighted by Crippen LogP contribution is -2.42. The fourth-order valence-electron chi connectivity index (χ4n) is 0.974. The Labute approximate surface area is 96.3 Å². The van der Waals surface area contributed by atoms with Gasteiger partial charge < -0.3 is 10.4 Å². The van der Waals surface area contributed by atoms with E-state index in [1.165, 1.54) is 23.1 Å². The Morgan fingerprint density at radius 1 is 1.73 bits per heavy atom. The van der Waals surface area contributed by atoms with Crippen LogP contribution in [0.5, 0.6) is 0 Å². The van der Waals surface area contributed by atoms with Crippen molar-refractivity contribution in [2.24, 2.45) is 0 Å². The van der Waals surface area contributed by atoms with Crippen LogP contribution in [0.2, 0.25) is 0 Å². The average molecular weight is 247 g/mol. The number of aromatic nitrogens is 2. The summed E-state index contributed by atoms with van der Waals surface area (Å²) < 4.78 is 0.798. The van der Waals surface area contributed by atoms with Crippen molar-refractivity contribution in [2.45, 2.75) is 30.3 Å². The summed E-state index contributed by atoms with van der Waals surface area (Å²) in [6.07, 6.45) is 0. The monoisotopic (exact) mass is 247 g/mol. The Morgan fingerprint density at radius 3 is 2.93 bits per heavy atom. The Kier molecular flexibility index (Phi) is 5.00. The van der Waals surface area contributed by atoms with Crippen molar-refractivity contribution in [2.75, 3.05) is 5.75 Å². The molecular weight excluding hydrogens is 234 g/mol. The zero-order chi connectivity index (χ0) is 11.3. The summed E-state index contributed by atoms with van der Waals surface area (Å²) in [5.41, 5.74) is 1.63. The molecule has 1 unspecified atom stereocenters. The van der Waals surface area contributed by atoms with E-state index < -0.39 is 12.0 Å². The summed E-state index contributed by atoms with van der Waals surface area (Å²) in [6, 6.07) is -0.389. The van der Waals surface area contributed by atoms with Gasteiger partial charge in [0.15, 0.2) is 4.34 Å². The smallest absolute Gasteiger partial charge is 0.321 e. The van der Waals surface area contributed by atoms with E-state index >= 15 is 0 Å². The second-order valence-electron chi connectivity index (χ2n) is 3.23. The predicted molar refractivity (Wildman–Crippen MR) is 60.3 cm³/mol. The third kappa shape index (κ3) is 4.59. The van der Waals surface area contributed by atoms with Crippen LogP contribution in [-0.4, -0.2) is 39.1 Å². The molecule has 1 heterocycles. The molecule has 2 N–H and O–H groups in total. The molecule has 0 aliphatic carbocycles. The Morgan fingerprint density at radius 2 is 2.47 bits per heavy atom. The standard InChI is InChI=1S/C8H13N3O2S2/c1-5(2)10-6(7(12)13)3-14-8-11-9-4-15-8/h4-6,10H,3H2,1-2H3,(H,12,13). The second kappa shape index (κ2) is 6.04. The minimum Gasteiger partial charge on any atom is -0.480 e. The molecule has 1 aromatic rings. The molecule has 15 heavy (non-hydrogen) atoms. The number of carboxylic acid groups (broad SMARTS) is 1. The van der Waals surface area contributed by atoms with Gasteiger partial charge in [-0.05, 0) is 0 Å². The van der Waals surface area contributed by atoms with Crippen molar-refractivity contribution in [3.05, 3.63) is 5.51 Å². The van der Waals surface area contributed by atoms with Crippen LogP contribution in [0.4, 0.5) is 0 Å². The van der Waals surface area contributed by atoms with Gasteiger partial charge in [-0.25, -0.2) is 0 Å². The Hall–Kier alpha value is -0.660. The summed E-state index contributed by atoms with van der Waals surface area (Å²) >= 11 is 2.82. The highest BCUT2D eigenvalue weighted by Crippen LogP contribution is 2.19. The zero-order valence-electron chi connectivity index (χ0n) is 8.51. The van der Waals surface area contributed by atoms with E-state index in [4.69, 9.17) is 5.11 Å². The SMILES string of the molecule is CC(C)NC(CSc1nncs1)C(=O)O. The molecule has 0 bridgehead atoms. The summed E-state index contributed by atoms with van der Waals surface area (Å²) in [6.45, 7) is 3.84. The van der Waals surface area contributed by atoms with Crippen molar-refractivity contribution in [1.29, 1.82) is 0 Å². The number of nitrogens with zero attached hydrogens (tertiary/aromatic N) is 2. The van der Waals surface area contributed by atoms with E-state index in [1.807, 2.05) is 13.8 Å². The van der Waals surface area contributed by atoms with Gasteiger partial charge in [0, 0.05) is 11.8 Å². The van der Waals surface area contributed by atoms with E-state index in [9.17, 15) is 4.79 Å². The van der Waals surface area contributed by atoms with E-state index in [1.54, 1.807) is 5.51 Å². The van der Waals surface area contributed by atoms with Gasteiger partial charge in [-0.1, -0.05) is 36.9 Å². The molecule has 7 heteroatoms. The average Bonchev–Trinajstić information content (AvgIpc) is 2.63. The maximum Gasteiger partial charge on any atom is 0.321 e. The molecule has 0 radical (unpaired) electrons. The van der Waals surface area contributed by atoms with Gasteiger partial charge in [-0.15, -0.1) is 10.2 Å². The highest BCUT2D eigenvalue weighted by atomic mass is 32.2. The maximum absolute atomic E-state index is 10.9. The highest BCUT2D eigenvalue weighted by Gasteiger charge is 2.18. The summed E-state index contributed by atoms with van der Waals surface area (Å²) in [5.74, 6) is -0.372. The fraction of sp³-hybridized carbons (Fsp3) is 0.625. The van der Waals surface area contributed by atoms with Crippen molar-refractivity contribution in [1.82, 2.24) is 15.5 Å². The lowest BCUT2D eigenvalue weighted by Gasteiger charge is -2.15. The number of carboxylic acids is 1. The fourth-order valence-corrected chi connectivity index (χ4v) is 2.51. The quantitative estimate of drug-likeness (QED) is 0.733. The molecule has 0 spiro atoms. The first kappa shape index (κ1) is 12.4. The minimum absolute atomic E-state index is 0.154. The number of carbonyl (C=O) groups is 1. The number of aliphatic carboxylic acids is 1. The normalized spacial score (nSPS) is 13.0. The molecule has 1 aromatic heterocycles. The summed E-state index contributed by atoms with van der Waals surface area (Å²) in [7, 11) is 0. The molecule has 0 amide bonds. The van der Waals surface area contributed by atoms with Gasteiger partial charge in [0.05, 0.1) is 0 Å². The predicted octanol–water partition coefficient (Wildman–Crippen LogP) is 1.08. The van der Waals surface area contributed by atoms with Gasteiger partial charge in [0.2, 0.25) is 0 Å². The minimum atomic E-state index is -0.833. The molecule has 5 nitrogen and oxygen atoms in total. The van der Waals surface area contributed by atoms with Crippen LogP contribution < -0.4 is 5.32 Å². The van der Waals surface area contributed by atoms with E-state index in [-0.39, 0.29) is 6.04 Å². The van der Waals surface area contributed by atoms with Crippen LogP contribution in [-0.2, 0) is 4.79 Å². The van der Waals surface area contributed by atoms with Gasteiger partial charge in [0.1, 0.15) is 11.6 Å². The molecule has 0 saturated carbocycles. The van der Waals surface area contributed by atoms with Gasteiger partial charge >= 0.3 is 5.97 Å². The number of thioether (sulfide) groups is 1. The molecule has 0 aliphatic heterocycles. The van der Waals surface area contributed by atoms with Crippen molar-refractivity contribution in [3.8, 4) is 0 Å². The third-order valence-corrected chi connectivity index (χ3v) is 3.50. The molecule has 0 aliphatic rings. The first-order valence-electron chi connectivity index (χ1n) is 4.47. The Balaban J connectivity index is 2.41. The summed E-state index contributed by atoms with van der Waals surface area (Å²) in [5, 5.41) is 19.4. The largest absolute Gasteiger partial charge is 0.480 e. The number of hydrogen-bond acceptors (Lipinski definition) is 6. The van der Waals surface area contributed by atoms with Crippen LogP contribution in [0.1, 0.15) is 13.8 Å². The maximum atomic E-state index is 10.9. The Bertz CT molecular complexity index is 303. The van der Waals surface area contributed by atoms with Crippen LogP contribution >= 0.6 is 23.1 Å². The van der Waals surface area contributed by atoms with Gasteiger partial charge in [-0.3, -0.25) is 4.79 Å². The molecule has 84 valence electrons. The molecule has 0 fully saturated rings. The van der Waals surface area contributed by atoms with E-state index in [0.717, 1.165) is 4.34 Å². The summed E-state index contributed by atoms with van der Waals surface area (Å²) in [4.78, 5) is 10.9. The number of hydrogen-bond donors (Lipinski definition) is 2. The lowest BCUT2D eigenvalue weighted by atomic mass is 10.3.